The molecule has 0 amide bonds. The van der Waals surface area contributed by atoms with Gasteiger partial charge in [-0.15, -0.1) is 5.10 Å². The Morgan fingerprint density at radius 3 is 2.57 bits per heavy atom. The van der Waals surface area contributed by atoms with Crippen molar-refractivity contribution in [3.8, 4) is 22.6 Å². The zero-order valence-corrected chi connectivity index (χ0v) is 16.7. The molecule has 0 fully saturated rings. The number of halogens is 2. The lowest BCUT2D eigenvalue weighted by Gasteiger charge is -2.19. The molecule has 0 radical (unpaired) electrons. The van der Waals surface area contributed by atoms with Crippen LogP contribution >= 0.6 is 23.2 Å². The van der Waals surface area contributed by atoms with E-state index in [2.05, 4.69) is 10.3 Å². The van der Waals surface area contributed by atoms with Crippen molar-refractivity contribution in [2.75, 3.05) is 7.11 Å². The molecule has 0 aliphatic rings. The lowest BCUT2D eigenvalue weighted by Crippen LogP contribution is -2.29. The molecule has 0 aliphatic heterocycles. The van der Waals surface area contributed by atoms with Crippen LogP contribution in [0.3, 0.4) is 0 Å². The molecular formula is C18H16Cl2N4O4. The molecule has 3 aromatic rings. The number of nitrogens with zero attached hydrogens (tertiary/aromatic N) is 4. The second kappa shape index (κ2) is 7.65. The lowest BCUT2D eigenvalue weighted by molar-refractivity contribution is -0.140. The number of benzene rings is 1. The molecular weight excluding hydrogens is 407 g/mol. The van der Waals surface area contributed by atoms with Crippen molar-refractivity contribution in [2.45, 2.75) is 19.9 Å². The highest BCUT2D eigenvalue weighted by molar-refractivity contribution is 6.31. The second-order valence-corrected chi connectivity index (χ2v) is 6.90. The monoisotopic (exact) mass is 422 g/mol. The van der Waals surface area contributed by atoms with E-state index in [9.17, 15) is 14.7 Å². The second-order valence-electron chi connectivity index (χ2n) is 6.07. The molecule has 0 spiro atoms. The Morgan fingerprint density at radius 1 is 1.29 bits per heavy atom. The number of ether oxygens (including phenoxy) is 1. The van der Waals surface area contributed by atoms with E-state index in [-0.39, 0.29) is 5.15 Å². The lowest BCUT2D eigenvalue weighted by atomic mass is 9.99. The summed E-state index contributed by atoms with van der Waals surface area (Å²) in [5.41, 5.74) is 1.48. The van der Waals surface area contributed by atoms with Gasteiger partial charge in [0.1, 0.15) is 11.8 Å². The molecule has 3 rings (SSSR count). The first-order chi connectivity index (χ1) is 13.2. The van der Waals surface area contributed by atoms with E-state index in [0.29, 0.717) is 33.1 Å². The number of carbonyl (C=O) groups is 1. The van der Waals surface area contributed by atoms with Crippen LogP contribution in [0, 0.1) is 6.92 Å². The van der Waals surface area contributed by atoms with E-state index >= 15 is 0 Å². The highest BCUT2D eigenvalue weighted by Crippen LogP contribution is 2.37. The zero-order valence-electron chi connectivity index (χ0n) is 15.2. The minimum atomic E-state index is -1.13. The van der Waals surface area contributed by atoms with Gasteiger partial charge in [0.15, 0.2) is 5.15 Å². The van der Waals surface area contributed by atoms with E-state index in [1.165, 1.54) is 31.1 Å². The van der Waals surface area contributed by atoms with Crippen LogP contribution in [0.4, 0.5) is 0 Å². The molecule has 2 aromatic heterocycles. The SMILES string of the molecule is COc1cn(C(C)C(=O)O)c(=O)c(C)c1-c1cc(Cl)ccc1-n1cc(Cl)nn1. The topological polar surface area (TPSA) is 99.2 Å². The van der Waals surface area contributed by atoms with Crippen LogP contribution in [0.25, 0.3) is 16.8 Å². The summed E-state index contributed by atoms with van der Waals surface area (Å²) in [6.45, 7) is 3.02. The number of carboxylic acids is 1. The standard InChI is InChI=1S/C18H16Cl2N4O4/c1-9-16(14(28-3)7-23(17(9)25)10(2)18(26)27)12-6-11(19)4-5-13(12)24-8-15(20)21-22-24/h4-8,10H,1-3H3,(H,26,27). The Labute approximate surface area is 169 Å². The summed E-state index contributed by atoms with van der Waals surface area (Å²) in [5, 5.41) is 17.7. The van der Waals surface area contributed by atoms with Gasteiger partial charge in [-0.3, -0.25) is 9.36 Å². The molecule has 1 aromatic carbocycles. The number of rotatable bonds is 5. The molecule has 0 bridgehead atoms. The summed E-state index contributed by atoms with van der Waals surface area (Å²) < 4.78 is 8.05. The average Bonchev–Trinajstić information content (AvgIpc) is 3.09. The highest BCUT2D eigenvalue weighted by Gasteiger charge is 2.23. The third-order valence-corrected chi connectivity index (χ3v) is 4.78. The van der Waals surface area contributed by atoms with Gasteiger partial charge in [-0.1, -0.05) is 28.4 Å². The van der Waals surface area contributed by atoms with Crippen LogP contribution in [0.2, 0.25) is 10.2 Å². The molecule has 146 valence electrons. The first kappa shape index (κ1) is 19.9. The van der Waals surface area contributed by atoms with Gasteiger partial charge in [-0.2, -0.15) is 0 Å². The van der Waals surface area contributed by atoms with Crippen molar-refractivity contribution in [1.82, 2.24) is 19.6 Å². The fourth-order valence-electron chi connectivity index (χ4n) is 2.90. The zero-order chi connectivity index (χ0) is 20.6. The summed E-state index contributed by atoms with van der Waals surface area (Å²) in [7, 11) is 1.44. The summed E-state index contributed by atoms with van der Waals surface area (Å²) in [6, 6.07) is 4.00. The van der Waals surface area contributed by atoms with Crippen LogP contribution in [-0.2, 0) is 4.79 Å². The van der Waals surface area contributed by atoms with Crippen molar-refractivity contribution in [3.63, 3.8) is 0 Å². The maximum absolute atomic E-state index is 12.9. The number of hydrogen-bond donors (Lipinski definition) is 1. The van der Waals surface area contributed by atoms with Gasteiger partial charge >= 0.3 is 5.97 Å². The van der Waals surface area contributed by atoms with Gasteiger partial charge < -0.3 is 9.84 Å². The van der Waals surface area contributed by atoms with Crippen LogP contribution in [-0.4, -0.2) is 37.7 Å². The number of carboxylic acid groups (broad SMARTS) is 1. The van der Waals surface area contributed by atoms with Crippen LogP contribution in [0.1, 0.15) is 18.5 Å². The number of aromatic nitrogens is 4. The molecule has 8 nitrogen and oxygen atoms in total. The van der Waals surface area contributed by atoms with Gasteiger partial charge in [0.25, 0.3) is 5.56 Å². The molecule has 1 atom stereocenters. The molecule has 1 N–H and O–H groups in total. The Hall–Kier alpha value is -2.84. The molecule has 0 aliphatic carbocycles. The largest absolute Gasteiger partial charge is 0.495 e. The Morgan fingerprint density at radius 2 is 2.00 bits per heavy atom. The first-order valence-corrected chi connectivity index (χ1v) is 8.90. The fourth-order valence-corrected chi connectivity index (χ4v) is 3.20. The fraction of sp³-hybridized carbons (Fsp3) is 0.222. The summed E-state index contributed by atoms with van der Waals surface area (Å²) >= 11 is 12.1. The van der Waals surface area contributed by atoms with E-state index in [4.69, 9.17) is 27.9 Å². The molecule has 0 saturated heterocycles. The third kappa shape index (κ3) is 3.48. The predicted octanol–water partition coefficient (Wildman–Crippen LogP) is 3.37. The number of methoxy groups -OCH3 is 1. The number of hydrogen-bond acceptors (Lipinski definition) is 5. The number of aliphatic carboxylic acids is 1. The average molecular weight is 423 g/mol. The minimum absolute atomic E-state index is 0.204. The van der Waals surface area contributed by atoms with Crippen molar-refractivity contribution in [3.05, 3.63) is 56.7 Å². The molecule has 10 heteroatoms. The third-order valence-electron chi connectivity index (χ3n) is 4.37. The maximum atomic E-state index is 12.9. The number of pyridine rings is 1. The van der Waals surface area contributed by atoms with Crippen molar-refractivity contribution < 1.29 is 14.6 Å². The Bertz CT molecular complexity index is 1120. The Balaban J connectivity index is 2.33. The molecule has 2 heterocycles. The first-order valence-electron chi connectivity index (χ1n) is 8.15. The van der Waals surface area contributed by atoms with Crippen LogP contribution < -0.4 is 10.3 Å². The predicted molar refractivity (Wildman–Crippen MR) is 105 cm³/mol. The van der Waals surface area contributed by atoms with Crippen LogP contribution in [0.15, 0.2) is 35.4 Å². The van der Waals surface area contributed by atoms with E-state index in [1.54, 1.807) is 25.1 Å². The van der Waals surface area contributed by atoms with Crippen molar-refractivity contribution in [2.24, 2.45) is 0 Å². The normalized spacial score (nSPS) is 12.0. The van der Waals surface area contributed by atoms with Crippen LogP contribution in [0.5, 0.6) is 5.75 Å². The van der Waals surface area contributed by atoms with Gasteiger partial charge in [-0.25, -0.2) is 9.48 Å². The summed E-state index contributed by atoms with van der Waals surface area (Å²) in [4.78, 5) is 24.2. The maximum Gasteiger partial charge on any atom is 0.326 e. The Kier molecular flexibility index (Phi) is 5.44. The quantitative estimate of drug-likeness (QED) is 0.676. The van der Waals surface area contributed by atoms with E-state index in [0.717, 1.165) is 4.57 Å². The summed E-state index contributed by atoms with van der Waals surface area (Å²) in [5.74, 6) is -0.808. The highest BCUT2D eigenvalue weighted by atomic mass is 35.5. The van der Waals surface area contributed by atoms with Gasteiger partial charge in [0, 0.05) is 21.7 Å². The molecule has 28 heavy (non-hydrogen) atoms. The van der Waals surface area contributed by atoms with Gasteiger partial charge in [-0.05, 0) is 32.0 Å². The molecule has 0 saturated carbocycles. The van der Waals surface area contributed by atoms with Crippen molar-refractivity contribution >= 4 is 29.2 Å². The minimum Gasteiger partial charge on any atom is -0.495 e. The van der Waals surface area contributed by atoms with Crippen molar-refractivity contribution in [1.29, 1.82) is 0 Å². The van der Waals surface area contributed by atoms with E-state index < -0.39 is 17.6 Å². The summed E-state index contributed by atoms with van der Waals surface area (Å²) in [6.07, 6.45) is 2.90. The molecule has 1 unspecified atom stereocenters. The van der Waals surface area contributed by atoms with Gasteiger partial charge in [0.05, 0.1) is 25.2 Å². The van der Waals surface area contributed by atoms with E-state index in [1.807, 2.05) is 0 Å². The van der Waals surface area contributed by atoms with Gasteiger partial charge in [0.2, 0.25) is 0 Å². The smallest absolute Gasteiger partial charge is 0.326 e.